The van der Waals surface area contributed by atoms with Gasteiger partial charge in [-0.1, -0.05) is 0 Å². The Balaban J connectivity index is 2.71. The van der Waals surface area contributed by atoms with Gasteiger partial charge in [-0.25, -0.2) is 9.18 Å². The van der Waals surface area contributed by atoms with Crippen LogP contribution in [0.2, 0.25) is 0 Å². The van der Waals surface area contributed by atoms with E-state index in [0.29, 0.717) is 5.69 Å². The maximum absolute atomic E-state index is 12.4. The molecule has 0 fully saturated rings. The van der Waals surface area contributed by atoms with Gasteiger partial charge in [0, 0.05) is 0 Å². The zero-order chi connectivity index (χ0) is 9.84. The molecule has 1 heterocycles. The van der Waals surface area contributed by atoms with Crippen molar-refractivity contribution in [3.8, 4) is 0 Å². The van der Waals surface area contributed by atoms with Crippen LogP contribution in [-0.4, -0.2) is 11.1 Å². The summed E-state index contributed by atoms with van der Waals surface area (Å²) in [5.41, 5.74) is 5.26. The van der Waals surface area contributed by atoms with E-state index in [1.54, 1.807) is 6.92 Å². The van der Waals surface area contributed by atoms with E-state index in [2.05, 4.69) is 9.72 Å². The highest BCUT2D eigenvalue weighted by Gasteiger charge is 2.09. The fourth-order valence-corrected chi connectivity index (χ4v) is 0.862. The third-order valence-corrected chi connectivity index (χ3v) is 1.46. The summed E-state index contributed by atoms with van der Waals surface area (Å²) in [6, 6.07) is 2.67. The molecule has 2 N–H and O–H groups in total. The van der Waals surface area contributed by atoms with Crippen LogP contribution in [0.4, 0.5) is 9.18 Å². The monoisotopic (exact) mass is 184 g/mol. The second kappa shape index (κ2) is 3.84. The van der Waals surface area contributed by atoms with Crippen molar-refractivity contribution in [2.24, 2.45) is 5.73 Å². The molecular formula is C8H9FN2O2. The van der Waals surface area contributed by atoms with Crippen molar-refractivity contribution in [2.75, 3.05) is 0 Å². The number of ether oxygens (including phenoxy) is 1. The molecule has 4 nitrogen and oxygen atoms in total. The Bertz CT molecular complexity index is 300. The lowest BCUT2D eigenvalue weighted by Gasteiger charge is -2.09. The van der Waals surface area contributed by atoms with Crippen LogP contribution in [-0.2, 0) is 4.74 Å². The van der Waals surface area contributed by atoms with Crippen LogP contribution in [0.3, 0.4) is 0 Å². The van der Waals surface area contributed by atoms with Crippen LogP contribution in [0.25, 0.3) is 0 Å². The zero-order valence-corrected chi connectivity index (χ0v) is 7.03. The summed E-state index contributed by atoms with van der Waals surface area (Å²) in [5, 5.41) is 0. The van der Waals surface area contributed by atoms with Gasteiger partial charge in [0.2, 0.25) is 0 Å². The molecule has 1 atom stereocenters. The van der Waals surface area contributed by atoms with Crippen LogP contribution in [0.5, 0.6) is 0 Å². The van der Waals surface area contributed by atoms with Crippen LogP contribution in [0, 0.1) is 5.82 Å². The number of rotatable bonds is 2. The lowest BCUT2D eigenvalue weighted by atomic mass is 10.2. The average molecular weight is 184 g/mol. The number of carbonyl (C=O) groups is 1. The fraction of sp³-hybridized carbons (Fsp3) is 0.250. The van der Waals surface area contributed by atoms with E-state index in [0.717, 1.165) is 6.20 Å². The number of hydrogen-bond donors (Lipinski definition) is 1. The number of primary amides is 1. The van der Waals surface area contributed by atoms with E-state index in [1.165, 1.54) is 12.1 Å². The number of nitrogens with two attached hydrogens (primary N) is 1. The Morgan fingerprint density at radius 2 is 2.38 bits per heavy atom. The molecule has 1 amide bonds. The molecule has 0 aliphatic rings. The summed E-state index contributed by atoms with van der Waals surface area (Å²) in [6.07, 6.45) is -0.382. The predicted molar refractivity (Wildman–Crippen MR) is 43.3 cm³/mol. The van der Waals surface area contributed by atoms with E-state index in [1.807, 2.05) is 0 Å². The van der Waals surface area contributed by atoms with E-state index in [-0.39, 0.29) is 0 Å². The standard InChI is InChI=1S/C8H9FN2O2/c1-5(13-8(10)12)7-3-2-6(9)4-11-7/h2-5H,1H3,(H2,10,12)/t5-/m1/s1. The second-order valence-corrected chi connectivity index (χ2v) is 2.48. The van der Waals surface area contributed by atoms with Gasteiger partial charge in [0.25, 0.3) is 0 Å². The second-order valence-electron chi connectivity index (χ2n) is 2.48. The molecule has 0 unspecified atom stereocenters. The van der Waals surface area contributed by atoms with E-state index in [4.69, 9.17) is 5.73 Å². The Hall–Kier alpha value is -1.65. The lowest BCUT2D eigenvalue weighted by molar-refractivity contribution is 0.114. The Morgan fingerprint density at radius 1 is 1.69 bits per heavy atom. The summed E-state index contributed by atoms with van der Waals surface area (Å²) in [7, 11) is 0. The van der Waals surface area contributed by atoms with Crippen LogP contribution in [0.15, 0.2) is 18.3 Å². The smallest absolute Gasteiger partial charge is 0.405 e. The highest BCUT2D eigenvalue weighted by atomic mass is 19.1. The first-order valence-corrected chi connectivity index (χ1v) is 3.67. The molecule has 1 aromatic heterocycles. The molecule has 1 rings (SSSR count). The van der Waals surface area contributed by atoms with Gasteiger partial charge >= 0.3 is 6.09 Å². The summed E-state index contributed by atoms with van der Waals surface area (Å²) < 4.78 is 17.0. The number of hydrogen-bond acceptors (Lipinski definition) is 3. The van der Waals surface area contributed by atoms with Gasteiger partial charge in [-0.3, -0.25) is 4.98 Å². The van der Waals surface area contributed by atoms with Gasteiger partial charge < -0.3 is 10.5 Å². The number of amides is 1. The van der Waals surface area contributed by atoms with Crippen LogP contribution in [0.1, 0.15) is 18.7 Å². The third kappa shape index (κ3) is 2.70. The van der Waals surface area contributed by atoms with E-state index < -0.39 is 18.0 Å². The van der Waals surface area contributed by atoms with Crippen molar-refractivity contribution >= 4 is 6.09 Å². The Kier molecular flexibility index (Phi) is 2.79. The van der Waals surface area contributed by atoms with E-state index in [9.17, 15) is 9.18 Å². The van der Waals surface area contributed by atoms with Crippen LogP contribution >= 0.6 is 0 Å². The largest absolute Gasteiger partial charge is 0.440 e. The molecule has 13 heavy (non-hydrogen) atoms. The van der Waals surface area contributed by atoms with Gasteiger partial charge in [-0.2, -0.15) is 0 Å². The summed E-state index contributed by atoms with van der Waals surface area (Å²) in [5.74, 6) is -0.435. The third-order valence-electron chi connectivity index (χ3n) is 1.46. The Labute approximate surface area is 74.5 Å². The number of nitrogens with zero attached hydrogens (tertiary/aromatic N) is 1. The first kappa shape index (κ1) is 9.44. The molecular weight excluding hydrogens is 175 g/mol. The SMILES string of the molecule is C[C@@H](OC(N)=O)c1ccc(F)cn1. The zero-order valence-electron chi connectivity index (χ0n) is 7.03. The van der Waals surface area contributed by atoms with Gasteiger partial charge in [-0.05, 0) is 19.1 Å². The van der Waals surface area contributed by atoms with Crippen molar-refractivity contribution in [1.82, 2.24) is 4.98 Å². The lowest BCUT2D eigenvalue weighted by Crippen LogP contribution is -2.16. The minimum atomic E-state index is -0.876. The Morgan fingerprint density at radius 3 is 2.85 bits per heavy atom. The van der Waals surface area contributed by atoms with Gasteiger partial charge in [0.15, 0.2) is 0 Å². The van der Waals surface area contributed by atoms with Gasteiger partial charge in [-0.15, -0.1) is 0 Å². The topological polar surface area (TPSA) is 65.2 Å². The molecule has 5 heteroatoms. The van der Waals surface area contributed by atoms with Crippen molar-refractivity contribution in [3.63, 3.8) is 0 Å². The van der Waals surface area contributed by atoms with Crippen molar-refractivity contribution in [3.05, 3.63) is 29.8 Å². The van der Waals surface area contributed by atoms with E-state index >= 15 is 0 Å². The van der Waals surface area contributed by atoms with Gasteiger partial charge in [0.1, 0.15) is 11.9 Å². The summed E-state index contributed by atoms with van der Waals surface area (Å²) >= 11 is 0. The van der Waals surface area contributed by atoms with Crippen LogP contribution < -0.4 is 5.73 Å². The molecule has 0 saturated heterocycles. The molecule has 1 aromatic rings. The number of carbonyl (C=O) groups excluding carboxylic acids is 1. The molecule has 0 saturated carbocycles. The van der Waals surface area contributed by atoms with Crippen molar-refractivity contribution in [1.29, 1.82) is 0 Å². The molecule has 0 spiro atoms. The summed E-state index contributed by atoms with van der Waals surface area (Å²) in [6.45, 7) is 1.60. The van der Waals surface area contributed by atoms with Gasteiger partial charge in [0.05, 0.1) is 11.9 Å². The highest BCUT2D eigenvalue weighted by molar-refractivity contribution is 5.64. The number of aromatic nitrogens is 1. The van der Waals surface area contributed by atoms with Crippen molar-refractivity contribution < 1.29 is 13.9 Å². The molecule has 0 radical (unpaired) electrons. The molecule has 0 bridgehead atoms. The molecule has 0 aliphatic heterocycles. The predicted octanol–water partition coefficient (Wildman–Crippen LogP) is 1.38. The minimum Gasteiger partial charge on any atom is -0.440 e. The van der Waals surface area contributed by atoms with Crippen molar-refractivity contribution in [2.45, 2.75) is 13.0 Å². The minimum absolute atomic E-state index is 0.435. The highest BCUT2D eigenvalue weighted by Crippen LogP contribution is 2.13. The molecule has 0 aliphatic carbocycles. The molecule has 70 valence electrons. The molecule has 0 aromatic carbocycles. The number of pyridine rings is 1. The first-order chi connectivity index (χ1) is 6.09. The average Bonchev–Trinajstić information content (AvgIpc) is 2.04. The fourth-order valence-electron chi connectivity index (χ4n) is 0.862. The maximum atomic E-state index is 12.4. The number of halogens is 1. The first-order valence-electron chi connectivity index (χ1n) is 3.67. The normalized spacial score (nSPS) is 12.2. The summed E-state index contributed by atoms with van der Waals surface area (Å²) in [4.78, 5) is 14.1. The quantitative estimate of drug-likeness (QED) is 0.754. The maximum Gasteiger partial charge on any atom is 0.405 e.